The minimum absolute atomic E-state index is 0.811. The molecule has 0 aromatic rings. The smallest absolute Gasteiger partial charge is 0.0589 e. The van der Waals surface area contributed by atoms with Crippen molar-refractivity contribution < 1.29 is 4.74 Å². The Morgan fingerprint density at radius 2 is 1.47 bits per heavy atom. The van der Waals surface area contributed by atoms with Crippen LogP contribution < -0.4 is 0 Å². The van der Waals surface area contributed by atoms with E-state index >= 15 is 0 Å². The standard InChI is InChI=1S/C11H23NO.2C2H6/c1-10-4-6-11(7-5-10)12(2)8-9-13-3;2*1-2/h10-11H,4-9H2,1-3H3;2*1-2H3. The lowest BCUT2D eigenvalue weighted by Gasteiger charge is -2.33. The van der Waals surface area contributed by atoms with E-state index in [9.17, 15) is 0 Å². The third-order valence-electron chi connectivity index (χ3n) is 3.26. The second kappa shape index (κ2) is 14.0. The van der Waals surface area contributed by atoms with Crippen molar-refractivity contribution in [3.63, 3.8) is 0 Å². The third-order valence-corrected chi connectivity index (χ3v) is 3.26. The van der Waals surface area contributed by atoms with Crippen LogP contribution >= 0.6 is 0 Å². The van der Waals surface area contributed by atoms with Gasteiger partial charge in [0.25, 0.3) is 0 Å². The van der Waals surface area contributed by atoms with Crippen LogP contribution in [0.3, 0.4) is 0 Å². The molecule has 0 aliphatic heterocycles. The lowest BCUT2D eigenvalue weighted by atomic mass is 9.87. The lowest BCUT2D eigenvalue weighted by Crippen LogP contribution is -2.36. The summed E-state index contributed by atoms with van der Waals surface area (Å²) in [5.74, 6) is 0.951. The van der Waals surface area contributed by atoms with Gasteiger partial charge in [-0.1, -0.05) is 34.6 Å². The lowest BCUT2D eigenvalue weighted by molar-refractivity contribution is 0.115. The van der Waals surface area contributed by atoms with Crippen LogP contribution in [0.25, 0.3) is 0 Å². The van der Waals surface area contributed by atoms with Gasteiger partial charge in [-0.15, -0.1) is 0 Å². The highest BCUT2D eigenvalue weighted by Crippen LogP contribution is 2.26. The van der Waals surface area contributed by atoms with Crippen molar-refractivity contribution in [1.29, 1.82) is 0 Å². The van der Waals surface area contributed by atoms with Gasteiger partial charge in [-0.05, 0) is 38.6 Å². The molecule has 0 heterocycles. The van der Waals surface area contributed by atoms with Gasteiger partial charge in [0.15, 0.2) is 0 Å². The minimum atomic E-state index is 0.811. The molecule has 0 spiro atoms. The van der Waals surface area contributed by atoms with Crippen LogP contribution in [-0.2, 0) is 4.74 Å². The van der Waals surface area contributed by atoms with Crippen molar-refractivity contribution in [3.05, 3.63) is 0 Å². The topological polar surface area (TPSA) is 12.5 Å². The summed E-state index contributed by atoms with van der Waals surface area (Å²) >= 11 is 0. The maximum atomic E-state index is 5.08. The monoisotopic (exact) mass is 245 g/mol. The molecule has 0 bridgehead atoms. The van der Waals surface area contributed by atoms with Crippen molar-refractivity contribution in [3.8, 4) is 0 Å². The van der Waals surface area contributed by atoms with E-state index in [0.29, 0.717) is 0 Å². The van der Waals surface area contributed by atoms with Crippen LogP contribution in [0.2, 0.25) is 0 Å². The third kappa shape index (κ3) is 9.61. The van der Waals surface area contributed by atoms with E-state index in [-0.39, 0.29) is 0 Å². The van der Waals surface area contributed by atoms with Gasteiger partial charge in [0.1, 0.15) is 0 Å². The molecule has 1 fully saturated rings. The second-order valence-corrected chi connectivity index (χ2v) is 4.39. The Labute approximate surface area is 110 Å². The van der Waals surface area contributed by atoms with Gasteiger partial charge >= 0.3 is 0 Å². The van der Waals surface area contributed by atoms with E-state index in [1.165, 1.54) is 25.7 Å². The molecule has 0 atom stereocenters. The van der Waals surface area contributed by atoms with E-state index in [2.05, 4.69) is 18.9 Å². The summed E-state index contributed by atoms with van der Waals surface area (Å²) in [7, 11) is 4.00. The second-order valence-electron chi connectivity index (χ2n) is 4.39. The van der Waals surface area contributed by atoms with Crippen molar-refractivity contribution in [2.75, 3.05) is 27.3 Å². The molecule has 0 saturated heterocycles. The average molecular weight is 245 g/mol. The largest absolute Gasteiger partial charge is 0.383 e. The highest BCUT2D eigenvalue weighted by atomic mass is 16.5. The van der Waals surface area contributed by atoms with E-state index in [4.69, 9.17) is 4.74 Å². The first-order valence-corrected chi connectivity index (χ1v) is 7.43. The number of likely N-dealkylation sites (N-methyl/N-ethyl adjacent to an activating group) is 1. The fraction of sp³-hybridized carbons (Fsp3) is 1.00. The first kappa shape index (κ1) is 19.3. The predicted octanol–water partition coefficient (Wildman–Crippen LogP) is 4.20. The van der Waals surface area contributed by atoms with Crippen LogP contribution in [0.15, 0.2) is 0 Å². The fourth-order valence-corrected chi connectivity index (χ4v) is 2.10. The molecule has 0 amide bonds. The summed E-state index contributed by atoms with van der Waals surface area (Å²) in [6, 6.07) is 0.811. The Hall–Kier alpha value is -0.0800. The Bertz CT molecular complexity index is 131. The number of methoxy groups -OCH3 is 1. The molecule has 2 heteroatoms. The minimum Gasteiger partial charge on any atom is -0.383 e. The van der Waals surface area contributed by atoms with Crippen molar-refractivity contribution >= 4 is 0 Å². The average Bonchev–Trinajstić information content (AvgIpc) is 2.41. The molecule has 1 aliphatic carbocycles. The Morgan fingerprint density at radius 3 is 1.88 bits per heavy atom. The Morgan fingerprint density at radius 1 is 1.00 bits per heavy atom. The molecular formula is C15H35NO. The first-order chi connectivity index (χ1) is 8.24. The first-order valence-electron chi connectivity index (χ1n) is 7.43. The summed E-state index contributed by atoms with van der Waals surface area (Å²) in [6.45, 7) is 12.3. The van der Waals surface area contributed by atoms with E-state index in [1.807, 2.05) is 27.7 Å². The predicted molar refractivity (Wildman–Crippen MR) is 78.6 cm³/mol. The molecule has 0 aromatic heterocycles. The zero-order chi connectivity index (χ0) is 13.7. The molecular weight excluding hydrogens is 210 g/mol. The van der Waals surface area contributed by atoms with Crippen LogP contribution in [0.1, 0.15) is 60.3 Å². The number of hydrogen-bond donors (Lipinski definition) is 0. The quantitative estimate of drug-likeness (QED) is 0.736. The molecule has 106 valence electrons. The maximum absolute atomic E-state index is 5.08. The molecule has 2 nitrogen and oxygen atoms in total. The Balaban J connectivity index is 0. The van der Waals surface area contributed by atoms with E-state index < -0.39 is 0 Å². The maximum Gasteiger partial charge on any atom is 0.0589 e. The van der Waals surface area contributed by atoms with Gasteiger partial charge in [-0.25, -0.2) is 0 Å². The molecule has 1 saturated carbocycles. The summed E-state index contributed by atoms with van der Waals surface area (Å²) in [6.07, 6.45) is 5.56. The molecule has 0 radical (unpaired) electrons. The van der Waals surface area contributed by atoms with Gasteiger partial charge < -0.3 is 9.64 Å². The molecule has 17 heavy (non-hydrogen) atoms. The van der Waals surface area contributed by atoms with Crippen LogP contribution in [0.4, 0.5) is 0 Å². The molecule has 0 aromatic carbocycles. The number of nitrogens with zero attached hydrogens (tertiary/aromatic N) is 1. The van der Waals surface area contributed by atoms with Gasteiger partial charge in [-0.3, -0.25) is 0 Å². The highest BCUT2D eigenvalue weighted by Gasteiger charge is 2.20. The normalized spacial score (nSPS) is 23.3. The molecule has 0 unspecified atom stereocenters. The summed E-state index contributed by atoms with van der Waals surface area (Å²) in [4.78, 5) is 2.45. The van der Waals surface area contributed by atoms with Crippen LogP contribution in [0, 0.1) is 5.92 Å². The van der Waals surface area contributed by atoms with Crippen LogP contribution in [-0.4, -0.2) is 38.3 Å². The van der Waals surface area contributed by atoms with E-state index in [1.54, 1.807) is 7.11 Å². The summed E-state index contributed by atoms with van der Waals surface area (Å²) in [5, 5.41) is 0. The van der Waals surface area contributed by atoms with Crippen molar-refractivity contribution in [1.82, 2.24) is 4.90 Å². The van der Waals surface area contributed by atoms with Crippen LogP contribution in [0.5, 0.6) is 0 Å². The van der Waals surface area contributed by atoms with Crippen molar-refractivity contribution in [2.24, 2.45) is 5.92 Å². The van der Waals surface area contributed by atoms with Gasteiger partial charge in [0.2, 0.25) is 0 Å². The Kier molecular flexibility index (Phi) is 15.8. The molecule has 0 N–H and O–H groups in total. The highest BCUT2D eigenvalue weighted by molar-refractivity contribution is 4.76. The zero-order valence-electron chi connectivity index (χ0n) is 13.3. The zero-order valence-corrected chi connectivity index (χ0v) is 13.3. The van der Waals surface area contributed by atoms with E-state index in [0.717, 1.165) is 25.1 Å². The van der Waals surface area contributed by atoms with Gasteiger partial charge in [0.05, 0.1) is 6.61 Å². The molecule has 1 rings (SSSR count). The van der Waals surface area contributed by atoms with Gasteiger partial charge in [-0.2, -0.15) is 0 Å². The summed E-state index contributed by atoms with van der Waals surface area (Å²) < 4.78 is 5.08. The summed E-state index contributed by atoms with van der Waals surface area (Å²) in [5.41, 5.74) is 0. The fourth-order valence-electron chi connectivity index (χ4n) is 2.10. The number of hydrogen-bond acceptors (Lipinski definition) is 2. The number of ether oxygens (including phenoxy) is 1. The molecule has 1 aliphatic rings. The SMILES string of the molecule is CC.CC.COCCN(C)C1CCC(C)CC1. The number of rotatable bonds is 4. The van der Waals surface area contributed by atoms with Crippen molar-refractivity contribution in [2.45, 2.75) is 66.3 Å². The van der Waals surface area contributed by atoms with Gasteiger partial charge in [0, 0.05) is 19.7 Å².